The van der Waals surface area contributed by atoms with E-state index in [1.807, 2.05) is 36.4 Å². The highest BCUT2D eigenvalue weighted by atomic mass is 35.5. The number of carbonyl (C=O) groups is 1. The number of phenolic OH excluding ortho intramolecular Hbond substituents is 1. The second-order valence-corrected chi connectivity index (χ2v) is 14.4. The number of anilines is 2. The smallest absolute Gasteiger partial charge is 0.336 e. The van der Waals surface area contributed by atoms with Crippen LogP contribution in [0, 0.1) is 0 Å². The molecule has 0 atom stereocenters. The Balaban J connectivity index is 1.24. The van der Waals surface area contributed by atoms with Gasteiger partial charge in [0.25, 0.3) is 0 Å². The molecule has 4 aliphatic rings. The largest absolute Gasteiger partial charge is 0.506 e. The average molecular weight is 750 g/mol. The number of aromatic hydroxyl groups is 1. The van der Waals surface area contributed by atoms with E-state index in [9.17, 15) is 19.8 Å². The molecule has 0 amide bonds. The van der Waals surface area contributed by atoms with Crippen LogP contribution in [-0.2, 0) is 13.1 Å². The van der Waals surface area contributed by atoms with E-state index in [2.05, 4.69) is 43.9 Å². The maximum Gasteiger partial charge on any atom is 0.336 e. The van der Waals surface area contributed by atoms with Crippen molar-refractivity contribution in [3.63, 3.8) is 0 Å². The molecule has 0 saturated carbocycles. The molecule has 53 heavy (non-hydrogen) atoms. The molecular weight excluding hydrogens is 711 g/mol. The summed E-state index contributed by atoms with van der Waals surface area (Å²) in [5.74, 6) is -0.906. The van der Waals surface area contributed by atoms with Gasteiger partial charge in [0.15, 0.2) is 0 Å². The molecule has 3 aliphatic heterocycles. The molecule has 4 aromatic rings. The summed E-state index contributed by atoms with van der Waals surface area (Å²) in [5, 5.41) is 22.5. The summed E-state index contributed by atoms with van der Waals surface area (Å²) in [6.07, 6.45) is 0. The Morgan fingerprint density at radius 2 is 1.19 bits per heavy atom. The normalized spacial score (nSPS) is 15.7. The van der Waals surface area contributed by atoms with E-state index in [0.717, 1.165) is 50.6 Å². The lowest BCUT2D eigenvalue weighted by Gasteiger charge is -2.36. The fourth-order valence-electron chi connectivity index (χ4n) is 7.72. The maximum atomic E-state index is 14.0. The van der Waals surface area contributed by atoms with Crippen LogP contribution in [0.2, 0.25) is 10.0 Å². The number of piperazine rings is 2. The first kappa shape index (κ1) is 35.0. The number of phenols is 1. The molecule has 0 spiro atoms. The Labute approximate surface area is 317 Å². The van der Waals surface area contributed by atoms with Crippen LogP contribution in [0.15, 0.2) is 106 Å². The van der Waals surface area contributed by atoms with Crippen LogP contribution < -0.4 is 15.2 Å². The van der Waals surface area contributed by atoms with Crippen molar-refractivity contribution in [1.29, 1.82) is 0 Å². The van der Waals surface area contributed by atoms with Crippen molar-refractivity contribution in [1.82, 2.24) is 9.80 Å². The predicted octanol–water partition coefficient (Wildman–Crippen LogP) is 7.92. The molecule has 2 N–H and O–H groups in total. The molecule has 1 aliphatic carbocycles. The van der Waals surface area contributed by atoms with E-state index < -0.39 is 5.97 Å². The third-order valence-corrected chi connectivity index (χ3v) is 11.1. The quantitative estimate of drug-likeness (QED) is 0.150. The highest BCUT2D eigenvalue weighted by Crippen LogP contribution is 2.47. The van der Waals surface area contributed by atoms with Crippen LogP contribution in [0.1, 0.15) is 21.5 Å². The Kier molecular flexibility index (Phi) is 9.74. The van der Waals surface area contributed by atoms with Crippen LogP contribution in [0.4, 0.5) is 11.4 Å². The number of carboxylic acid groups (broad SMARTS) is 1. The summed E-state index contributed by atoms with van der Waals surface area (Å²) < 4.78 is 6.81. The summed E-state index contributed by atoms with van der Waals surface area (Å²) in [5.41, 5.74) is 4.69. The molecule has 0 bridgehead atoms. The van der Waals surface area contributed by atoms with Crippen molar-refractivity contribution >= 4 is 51.5 Å². The first-order chi connectivity index (χ1) is 25.8. The van der Waals surface area contributed by atoms with Gasteiger partial charge in [-0.2, -0.15) is 0 Å². The van der Waals surface area contributed by atoms with E-state index in [1.165, 1.54) is 0 Å². The molecule has 8 rings (SSSR count). The molecule has 0 aromatic heterocycles. The van der Waals surface area contributed by atoms with Gasteiger partial charge in [0.2, 0.25) is 5.43 Å². The molecule has 0 radical (unpaired) electrons. The zero-order valence-electron chi connectivity index (χ0n) is 29.0. The number of halogens is 2. The van der Waals surface area contributed by atoms with E-state index in [-0.39, 0.29) is 33.3 Å². The number of carboxylic acids is 1. The minimum Gasteiger partial charge on any atom is -0.506 e. The summed E-state index contributed by atoms with van der Waals surface area (Å²) in [6.45, 7) is 6.63. The highest BCUT2D eigenvalue weighted by molar-refractivity contribution is 6.33. The van der Waals surface area contributed by atoms with Crippen LogP contribution in [0.25, 0.3) is 33.4 Å². The fraction of sp³-hybridized carbons (Fsp3) is 0.238. The van der Waals surface area contributed by atoms with Crippen molar-refractivity contribution in [2.75, 3.05) is 62.2 Å². The Hall–Kier alpha value is -5.06. The molecule has 11 heteroatoms. The van der Waals surface area contributed by atoms with Gasteiger partial charge in [-0.15, -0.1) is 0 Å². The van der Waals surface area contributed by atoms with Gasteiger partial charge in [-0.05, 0) is 48.0 Å². The zero-order valence-corrected chi connectivity index (χ0v) is 30.5. The van der Waals surface area contributed by atoms with Crippen LogP contribution in [0.5, 0.6) is 5.75 Å². The molecule has 9 nitrogen and oxygen atoms in total. The molecule has 2 fully saturated rings. The van der Waals surface area contributed by atoms with E-state index in [1.54, 1.807) is 36.4 Å². The Morgan fingerprint density at radius 1 is 0.660 bits per heavy atom. The number of fused-ring (bicyclic) bond motifs is 2. The number of benzene rings is 5. The topological polar surface area (TPSA) is 101 Å². The molecule has 3 heterocycles. The minimum absolute atomic E-state index is 0.0143. The van der Waals surface area contributed by atoms with Gasteiger partial charge in [0.1, 0.15) is 17.1 Å². The van der Waals surface area contributed by atoms with Crippen molar-refractivity contribution in [2.24, 2.45) is 0 Å². The van der Waals surface area contributed by atoms with Crippen LogP contribution in [-0.4, -0.2) is 78.3 Å². The first-order valence-electron chi connectivity index (χ1n) is 17.8. The van der Waals surface area contributed by atoms with Crippen molar-refractivity contribution in [3.05, 3.63) is 134 Å². The van der Waals surface area contributed by atoms with E-state index >= 15 is 0 Å². The van der Waals surface area contributed by atoms with Crippen LogP contribution in [0.3, 0.4) is 0 Å². The van der Waals surface area contributed by atoms with Gasteiger partial charge >= 0.3 is 5.97 Å². The number of rotatable bonds is 8. The fourth-order valence-corrected chi connectivity index (χ4v) is 8.16. The zero-order chi connectivity index (χ0) is 36.6. The highest BCUT2D eigenvalue weighted by Gasteiger charge is 2.31. The Bertz CT molecular complexity index is 2320. The van der Waals surface area contributed by atoms with Gasteiger partial charge in [0, 0.05) is 93.3 Å². The first-order valence-corrected chi connectivity index (χ1v) is 18.5. The number of nitrogens with zero attached hydrogens (tertiary/aromatic N) is 4. The maximum absolute atomic E-state index is 14.0. The summed E-state index contributed by atoms with van der Waals surface area (Å²) >= 11 is 13.5. The molecule has 270 valence electrons. The summed E-state index contributed by atoms with van der Waals surface area (Å²) in [6, 6.07) is 30.4. The van der Waals surface area contributed by atoms with Crippen molar-refractivity contribution < 1.29 is 19.4 Å². The molecule has 4 aromatic carbocycles. The number of hydrogen-bond donors (Lipinski definition) is 2. The molecule has 2 saturated heterocycles. The third-order valence-electron chi connectivity index (χ3n) is 10.5. The number of para-hydroxylation sites is 2. The number of hydrogen-bond acceptors (Lipinski definition) is 8. The second kappa shape index (κ2) is 14.8. The standard InChI is InChI=1S/C42H38Cl2N4O5/c43-35-23-31-37(29-13-7-8-14-30(29)42(51)52)32-24-36(44)39(50)34(26-46-17-21-48(22-18-46)28-11-5-2-6-12-28)41(32)53-40(31)33(38(35)49)25-45-15-19-47(20-16-45)27-9-3-1-4-10-27/h1-14,23-24,49H,15-22,25-26H2,(H,51,52). The van der Waals surface area contributed by atoms with Crippen molar-refractivity contribution in [3.8, 4) is 28.2 Å². The van der Waals surface area contributed by atoms with Gasteiger partial charge < -0.3 is 24.4 Å². The van der Waals surface area contributed by atoms with E-state index in [0.29, 0.717) is 64.2 Å². The molecular formula is C42H38Cl2N4O5. The summed E-state index contributed by atoms with van der Waals surface area (Å²) in [7, 11) is 0. The number of aromatic carboxylic acids is 1. The van der Waals surface area contributed by atoms with Gasteiger partial charge in [-0.25, -0.2) is 4.79 Å². The molecule has 0 unspecified atom stereocenters. The predicted molar refractivity (Wildman–Crippen MR) is 211 cm³/mol. The van der Waals surface area contributed by atoms with E-state index in [4.69, 9.17) is 27.6 Å². The van der Waals surface area contributed by atoms with Gasteiger partial charge in [-0.1, -0.05) is 77.8 Å². The third kappa shape index (κ3) is 6.82. The minimum atomic E-state index is -1.10. The lowest BCUT2D eigenvalue weighted by Crippen LogP contribution is -2.46. The second-order valence-electron chi connectivity index (χ2n) is 13.6. The van der Waals surface area contributed by atoms with Crippen molar-refractivity contribution in [2.45, 2.75) is 13.1 Å². The summed E-state index contributed by atoms with van der Waals surface area (Å²) in [4.78, 5) is 35.7. The Morgan fingerprint density at radius 3 is 1.75 bits per heavy atom. The van der Waals surface area contributed by atoms with Gasteiger partial charge in [0.05, 0.1) is 26.7 Å². The monoisotopic (exact) mass is 748 g/mol. The lowest BCUT2D eigenvalue weighted by molar-refractivity contribution is 0.0697. The van der Waals surface area contributed by atoms with Crippen LogP contribution >= 0.6 is 23.2 Å². The average Bonchev–Trinajstić information content (AvgIpc) is 3.19. The lowest BCUT2D eigenvalue weighted by atomic mass is 9.88. The SMILES string of the molecule is O=C(O)c1ccccc1-c1c2cc(Cl)c(=O)c(CN3CCN(c4ccccc4)CC3)c-2oc2c(CN3CCN(c4ccccc4)CC3)c(O)c(Cl)cc12. The van der Waals surface area contributed by atoms with Gasteiger partial charge in [-0.3, -0.25) is 14.6 Å².